The fourth-order valence-corrected chi connectivity index (χ4v) is 3.52. The van der Waals surface area contributed by atoms with Crippen molar-refractivity contribution in [3.05, 3.63) is 29.1 Å². The zero-order valence-electron chi connectivity index (χ0n) is 12.0. The number of halogens is 2. The first-order chi connectivity index (χ1) is 9.52. The van der Waals surface area contributed by atoms with Gasteiger partial charge in [0.05, 0.1) is 4.90 Å². The Balaban J connectivity index is 2.36. The van der Waals surface area contributed by atoms with E-state index in [4.69, 9.17) is 10.7 Å². The van der Waals surface area contributed by atoms with Crippen LogP contribution in [0.15, 0.2) is 17.0 Å². The highest BCUT2D eigenvalue weighted by atomic mass is 35.7. The van der Waals surface area contributed by atoms with E-state index in [9.17, 15) is 17.6 Å². The second kappa shape index (κ2) is 5.25. The van der Waals surface area contributed by atoms with Crippen molar-refractivity contribution in [1.29, 1.82) is 0 Å². The van der Waals surface area contributed by atoms with Crippen molar-refractivity contribution >= 4 is 25.6 Å². The number of rotatable bonds is 4. The van der Waals surface area contributed by atoms with Crippen LogP contribution in [0.5, 0.6) is 0 Å². The van der Waals surface area contributed by atoms with Crippen LogP contribution in [0.4, 0.5) is 4.39 Å². The molecule has 0 atom stereocenters. The summed E-state index contributed by atoms with van der Waals surface area (Å²) < 4.78 is 36.7. The summed E-state index contributed by atoms with van der Waals surface area (Å²) in [6, 6.07) is 2.14. The summed E-state index contributed by atoms with van der Waals surface area (Å²) in [5.41, 5.74) is -0.549. The molecule has 1 saturated carbocycles. The summed E-state index contributed by atoms with van der Waals surface area (Å²) in [6.07, 6.45) is 2.08. The number of carbonyl (C=O) groups excluding carboxylic acids is 1. The van der Waals surface area contributed by atoms with Crippen LogP contribution in [-0.2, 0) is 9.05 Å². The highest BCUT2D eigenvalue weighted by Gasteiger charge is 2.39. The van der Waals surface area contributed by atoms with Crippen LogP contribution in [0.1, 0.15) is 42.6 Å². The average Bonchev–Trinajstić information content (AvgIpc) is 3.14. The largest absolute Gasteiger partial charge is 0.347 e. The molecule has 1 aromatic carbocycles. The van der Waals surface area contributed by atoms with Crippen LogP contribution >= 0.6 is 10.7 Å². The molecule has 4 nitrogen and oxygen atoms in total. The average molecular weight is 334 g/mol. The summed E-state index contributed by atoms with van der Waals surface area (Å²) in [7, 11) is 1.17. The second-order valence-corrected chi connectivity index (χ2v) is 8.50. The number of benzene rings is 1. The van der Waals surface area contributed by atoms with Gasteiger partial charge in [0.25, 0.3) is 15.0 Å². The first kappa shape index (κ1) is 16.2. The van der Waals surface area contributed by atoms with E-state index in [-0.39, 0.29) is 16.0 Å². The van der Waals surface area contributed by atoms with Gasteiger partial charge in [0.15, 0.2) is 0 Å². The minimum atomic E-state index is -4.11. The SMILES string of the molecule is Cc1c(F)cc(C(=O)NC(C)(C)C2CC2)cc1S(=O)(=O)Cl. The Morgan fingerprint density at radius 3 is 2.43 bits per heavy atom. The van der Waals surface area contributed by atoms with Gasteiger partial charge in [-0.25, -0.2) is 12.8 Å². The van der Waals surface area contributed by atoms with Gasteiger partial charge in [0, 0.05) is 27.3 Å². The summed E-state index contributed by atoms with van der Waals surface area (Å²) in [4.78, 5) is 11.8. The molecule has 0 bridgehead atoms. The molecule has 0 heterocycles. The van der Waals surface area contributed by atoms with E-state index < -0.39 is 26.3 Å². The molecular formula is C14H17ClFNO3S. The van der Waals surface area contributed by atoms with Crippen LogP contribution in [0, 0.1) is 18.7 Å². The van der Waals surface area contributed by atoms with E-state index in [1.807, 2.05) is 13.8 Å². The highest BCUT2D eigenvalue weighted by Crippen LogP contribution is 2.39. The summed E-state index contributed by atoms with van der Waals surface area (Å²) in [6.45, 7) is 5.10. The number of nitrogens with one attached hydrogen (secondary N) is 1. The normalized spacial score (nSPS) is 15.9. The van der Waals surface area contributed by atoms with Gasteiger partial charge in [-0.2, -0.15) is 0 Å². The quantitative estimate of drug-likeness (QED) is 0.862. The minimum Gasteiger partial charge on any atom is -0.347 e. The van der Waals surface area contributed by atoms with Crippen molar-refractivity contribution in [2.75, 3.05) is 0 Å². The number of hydrogen-bond donors (Lipinski definition) is 1. The van der Waals surface area contributed by atoms with Crippen molar-refractivity contribution in [3.63, 3.8) is 0 Å². The number of hydrogen-bond acceptors (Lipinski definition) is 3. The lowest BCUT2D eigenvalue weighted by atomic mass is 9.98. The Kier molecular flexibility index (Phi) is 4.06. The highest BCUT2D eigenvalue weighted by molar-refractivity contribution is 8.13. The predicted molar refractivity (Wildman–Crippen MR) is 78.4 cm³/mol. The molecule has 1 aliphatic carbocycles. The zero-order chi connectivity index (χ0) is 16.0. The van der Waals surface area contributed by atoms with Gasteiger partial charge in [-0.1, -0.05) is 0 Å². The van der Waals surface area contributed by atoms with Gasteiger partial charge in [0.2, 0.25) is 0 Å². The van der Waals surface area contributed by atoms with E-state index in [1.165, 1.54) is 6.92 Å². The smallest absolute Gasteiger partial charge is 0.261 e. The number of carbonyl (C=O) groups is 1. The van der Waals surface area contributed by atoms with E-state index >= 15 is 0 Å². The van der Waals surface area contributed by atoms with Crippen LogP contribution in [-0.4, -0.2) is 19.9 Å². The molecule has 1 amide bonds. The van der Waals surface area contributed by atoms with Crippen molar-refractivity contribution in [3.8, 4) is 0 Å². The maximum Gasteiger partial charge on any atom is 0.261 e. The molecule has 0 unspecified atom stereocenters. The minimum absolute atomic E-state index is 0.0500. The Morgan fingerprint density at radius 1 is 1.38 bits per heavy atom. The third-order valence-electron chi connectivity index (χ3n) is 3.86. The predicted octanol–water partition coefficient (Wildman–Crippen LogP) is 2.98. The van der Waals surface area contributed by atoms with E-state index in [0.717, 1.165) is 25.0 Å². The van der Waals surface area contributed by atoms with Gasteiger partial charge in [-0.05, 0) is 51.7 Å². The summed E-state index contributed by atoms with van der Waals surface area (Å²) in [5.74, 6) is -0.883. The molecule has 0 radical (unpaired) electrons. The fraction of sp³-hybridized carbons (Fsp3) is 0.500. The molecule has 116 valence electrons. The van der Waals surface area contributed by atoms with E-state index in [2.05, 4.69) is 5.32 Å². The first-order valence-electron chi connectivity index (χ1n) is 6.59. The van der Waals surface area contributed by atoms with Crippen LogP contribution in [0.3, 0.4) is 0 Å². The van der Waals surface area contributed by atoms with Crippen molar-refractivity contribution in [1.82, 2.24) is 5.32 Å². The van der Waals surface area contributed by atoms with E-state index in [1.54, 1.807) is 0 Å². The monoisotopic (exact) mass is 333 g/mol. The molecule has 2 rings (SSSR count). The Hall–Kier alpha value is -1.14. The Labute approximate surface area is 128 Å². The molecular weight excluding hydrogens is 317 g/mol. The molecule has 7 heteroatoms. The third kappa shape index (κ3) is 3.55. The Bertz CT molecular complexity index is 696. The molecule has 21 heavy (non-hydrogen) atoms. The van der Waals surface area contributed by atoms with E-state index in [0.29, 0.717) is 5.92 Å². The lowest BCUT2D eigenvalue weighted by molar-refractivity contribution is 0.0902. The van der Waals surface area contributed by atoms with Gasteiger partial charge in [0.1, 0.15) is 5.82 Å². The zero-order valence-corrected chi connectivity index (χ0v) is 13.6. The maximum atomic E-state index is 13.8. The molecule has 0 saturated heterocycles. The fourth-order valence-electron chi connectivity index (χ4n) is 2.31. The molecule has 0 aromatic heterocycles. The lowest BCUT2D eigenvalue weighted by Gasteiger charge is -2.26. The topological polar surface area (TPSA) is 63.2 Å². The maximum absolute atomic E-state index is 13.8. The first-order valence-corrected chi connectivity index (χ1v) is 8.90. The van der Waals surface area contributed by atoms with Gasteiger partial charge in [-0.3, -0.25) is 4.79 Å². The lowest BCUT2D eigenvalue weighted by Crippen LogP contribution is -2.45. The third-order valence-corrected chi connectivity index (χ3v) is 5.30. The molecule has 0 aliphatic heterocycles. The molecule has 1 aromatic rings. The molecule has 1 N–H and O–H groups in total. The van der Waals surface area contributed by atoms with Crippen molar-refractivity contribution in [2.24, 2.45) is 5.92 Å². The Morgan fingerprint density at radius 2 is 1.95 bits per heavy atom. The van der Waals surface area contributed by atoms with Crippen LogP contribution in [0.2, 0.25) is 0 Å². The van der Waals surface area contributed by atoms with Crippen molar-refractivity contribution in [2.45, 2.75) is 44.0 Å². The number of amides is 1. The van der Waals surface area contributed by atoms with Gasteiger partial charge < -0.3 is 5.32 Å². The van der Waals surface area contributed by atoms with Crippen LogP contribution in [0.25, 0.3) is 0 Å². The molecule has 0 spiro atoms. The summed E-state index contributed by atoms with van der Waals surface area (Å²) >= 11 is 0. The molecule has 1 fully saturated rings. The van der Waals surface area contributed by atoms with Crippen molar-refractivity contribution < 1.29 is 17.6 Å². The second-order valence-electron chi connectivity index (χ2n) is 5.97. The van der Waals surface area contributed by atoms with Gasteiger partial charge >= 0.3 is 0 Å². The van der Waals surface area contributed by atoms with Gasteiger partial charge in [-0.15, -0.1) is 0 Å². The summed E-state index contributed by atoms with van der Waals surface area (Å²) in [5, 5.41) is 2.82. The standard InChI is InChI=1S/C14H17ClFNO3S/c1-8-11(16)6-9(7-12(8)21(15,19)20)13(18)17-14(2,3)10-4-5-10/h6-7,10H,4-5H2,1-3H3,(H,17,18). The molecule has 1 aliphatic rings. The van der Waals surface area contributed by atoms with Crippen LogP contribution < -0.4 is 5.32 Å².